The van der Waals surface area contributed by atoms with Crippen molar-refractivity contribution in [3.05, 3.63) is 47.5 Å². The Kier molecular flexibility index (Phi) is 7.01. The van der Waals surface area contributed by atoms with Crippen LogP contribution in [0.2, 0.25) is 0 Å². The van der Waals surface area contributed by atoms with Crippen molar-refractivity contribution in [2.45, 2.75) is 13.1 Å². The van der Waals surface area contributed by atoms with E-state index in [1.807, 2.05) is 18.2 Å². The third-order valence-corrected chi connectivity index (χ3v) is 5.46. The molecule has 28 heavy (non-hydrogen) atoms. The van der Waals surface area contributed by atoms with Crippen molar-refractivity contribution in [2.75, 3.05) is 54.6 Å². The molecule has 0 bridgehead atoms. The molecule has 0 aromatic heterocycles. The number of piperazine rings is 1. The Morgan fingerprint density at radius 1 is 0.643 bits per heavy atom. The van der Waals surface area contributed by atoms with E-state index in [0.717, 1.165) is 62.3 Å². The molecule has 0 amide bonds. The fourth-order valence-corrected chi connectivity index (χ4v) is 3.86. The SMILES string of the molecule is COc1cc(C[NH+]2CC[NH+](Cc3cc(OC)ccc3OC)CC2)cc(OC)c1. The Morgan fingerprint density at radius 3 is 1.75 bits per heavy atom. The zero-order valence-electron chi connectivity index (χ0n) is 17.3. The van der Waals surface area contributed by atoms with Gasteiger partial charge in [-0.05, 0) is 30.3 Å². The molecule has 1 saturated heterocycles. The summed E-state index contributed by atoms with van der Waals surface area (Å²) in [6, 6.07) is 12.2. The zero-order valence-corrected chi connectivity index (χ0v) is 17.3. The molecule has 0 radical (unpaired) electrons. The van der Waals surface area contributed by atoms with E-state index in [1.54, 1.807) is 38.2 Å². The number of ether oxygens (including phenoxy) is 4. The fourth-order valence-electron chi connectivity index (χ4n) is 3.86. The quantitative estimate of drug-likeness (QED) is 0.679. The minimum absolute atomic E-state index is 0.850. The molecule has 2 N–H and O–H groups in total. The van der Waals surface area contributed by atoms with Gasteiger partial charge in [-0.15, -0.1) is 0 Å². The first-order chi connectivity index (χ1) is 13.6. The molecular weight excluding hydrogens is 356 g/mol. The highest BCUT2D eigenvalue weighted by Gasteiger charge is 2.24. The number of rotatable bonds is 8. The third-order valence-electron chi connectivity index (χ3n) is 5.46. The van der Waals surface area contributed by atoms with Crippen molar-refractivity contribution in [3.63, 3.8) is 0 Å². The van der Waals surface area contributed by atoms with Gasteiger partial charge in [-0.1, -0.05) is 0 Å². The monoisotopic (exact) mass is 388 g/mol. The lowest BCUT2D eigenvalue weighted by atomic mass is 10.1. The molecule has 2 aromatic carbocycles. The summed E-state index contributed by atoms with van der Waals surface area (Å²) in [4.78, 5) is 3.18. The molecule has 0 spiro atoms. The number of hydrogen-bond donors (Lipinski definition) is 2. The topological polar surface area (TPSA) is 45.8 Å². The van der Waals surface area contributed by atoms with Crippen LogP contribution in [0.5, 0.6) is 23.0 Å². The molecule has 0 saturated carbocycles. The number of nitrogens with one attached hydrogen (secondary N) is 2. The average molecular weight is 389 g/mol. The molecule has 1 aliphatic rings. The molecule has 1 aliphatic heterocycles. The van der Waals surface area contributed by atoms with Gasteiger partial charge in [0.05, 0.1) is 34.0 Å². The third kappa shape index (κ3) is 5.09. The Balaban J connectivity index is 1.58. The van der Waals surface area contributed by atoms with E-state index in [4.69, 9.17) is 18.9 Å². The van der Waals surface area contributed by atoms with Gasteiger partial charge in [0.15, 0.2) is 0 Å². The van der Waals surface area contributed by atoms with Gasteiger partial charge in [0.25, 0.3) is 0 Å². The predicted octanol–water partition coefficient (Wildman–Crippen LogP) is 0.205. The van der Waals surface area contributed by atoms with Crippen molar-refractivity contribution in [1.82, 2.24) is 0 Å². The van der Waals surface area contributed by atoms with Gasteiger partial charge in [-0.2, -0.15) is 0 Å². The van der Waals surface area contributed by atoms with Crippen LogP contribution in [0.1, 0.15) is 11.1 Å². The minimum Gasteiger partial charge on any atom is -0.497 e. The first kappa shape index (κ1) is 20.3. The van der Waals surface area contributed by atoms with E-state index >= 15 is 0 Å². The van der Waals surface area contributed by atoms with Crippen molar-refractivity contribution in [3.8, 4) is 23.0 Å². The Bertz CT molecular complexity index is 751. The van der Waals surface area contributed by atoms with Crippen LogP contribution in [0.4, 0.5) is 0 Å². The second-order valence-electron chi connectivity index (χ2n) is 7.25. The van der Waals surface area contributed by atoms with Gasteiger partial charge in [0, 0.05) is 11.6 Å². The normalized spacial score (nSPS) is 19.1. The summed E-state index contributed by atoms with van der Waals surface area (Å²) in [5.41, 5.74) is 2.46. The molecule has 0 atom stereocenters. The largest absolute Gasteiger partial charge is 0.497 e. The second-order valence-corrected chi connectivity index (χ2v) is 7.25. The van der Waals surface area contributed by atoms with Crippen molar-refractivity contribution in [1.29, 1.82) is 0 Å². The summed E-state index contributed by atoms with van der Waals surface area (Å²) < 4.78 is 21.7. The molecule has 2 aromatic rings. The lowest BCUT2D eigenvalue weighted by molar-refractivity contribution is -1.02. The average Bonchev–Trinajstić information content (AvgIpc) is 2.74. The highest BCUT2D eigenvalue weighted by atomic mass is 16.5. The van der Waals surface area contributed by atoms with Crippen LogP contribution in [0, 0.1) is 0 Å². The van der Waals surface area contributed by atoms with Crippen LogP contribution < -0.4 is 28.7 Å². The molecular formula is C22H32N2O4+2. The van der Waals surface area contributed by atoms with Crippen molar-refractivity contribution in [2.24, 2.45) is 0 Å². The second kappa shape index (κ2) is 9.66. The smallest absolute Gasteiger partial charge is 0.127 e. The lowest BCUT2D eigenvalue weighted by Gasteiger charge is -2.30. The minimum atomic E-state index is 0.850. The highest BCUT2D eigenvalue weighted by Crippen LogP contribution is 2.23. The molecule has 1 heterocycles. The maximum atomic E-state index is 5.53. The van der Waals surface area contributed by atoms with E-state index in [-0.39, 0.29) is 0 Å². The van der Waals surface area contributed by atoms with Crippen molar-refractivity contribution < 1.29 is 28.7 Å². The molecule has 6 heteroatoms. The van der Waals surface area contributed by atoms with E-state index in [1.165, 1.54) is 11.1 Å². The summed E-state index contributed by atoms with van der Waals surface area (Å²) in [6.45, 7) is 6.50. The van der Waals surface area contributed by atoms with Gasteiger partial charge in [0.1, 0.15) is 62.3 Å². The molecule has 1 fully saturated rings. The van der Waals surface area contributed by atoms with Crippen molar-refractivity contribution >= 4 is 0 Å². The van der Waals surface area contributed by atoms with E-state index in [0.29, 0.717) is 0 Å². The predicted molar refractivity (Wildman–Crippen MR) is 108 cm³/mol. The maximum absolute atomic E-state index is 5.53. The molecule has 0 aliphatic carbocycles. The summed E-state index contributed by atoms with van der Waals surface area (Å²) in [7, 11) is 6.82. The fraction of sp³-hybridized carbons (Fsp3) is 0.455. The maximum Gasteiger partial charge on any atom is 0.127 e. The molecule has 6 nitrogen and oxygen atoms in total. The van der Waals surface area contributed by atoms with Crippen LogP contribution in [0.15, 0.2) is 36.4 Å². The number of methoxy groups -OCH3 is 4. The van der Waals surface area contributed by atoms with Crippen LogP contribution >= 0.6 is 0 Å². The summed E-state index contributed by atoms with van der Waals surface area (Å²) in [5.74, 6) is 3.52. The molecule has 3 rings (SSSR count). The van der Waals surface area contributed by atoms with E-state index in [9.17, 15) is 0 Å². The van der Waals surface area contributed by atoms with Crippen LogP contribution in [-0.4, -0.2) is 54.6 Å². The standard InChI is InChI=1S/C22H30N2O4/c1-25-19-5-6-22(28-4)18(13-19)16-24-9-7-23(8-10-24)15-17-11-20(26-2)14-21(12-17)27-3/h5-6,11-14H,7-10,15-16H2,1-4H3/p+2. The van der Waals surface area contributed by atoms with E-state index < -0.39 is 0 Å². The van der Waals surface area contributed by atoms with Gasteiger partial charge in [0.2, 0.25) is 0 Å². The lowest BCUT2D eigenvalue weighted by Crippen LogP contribution is -3.27. The molecule has 152 valence electrons. The summed E-state index contributed by atoms with van der Waals surface area (Å²) in [6.07, 6.45) is 0. The molecule has 0 unspecified atom stereocenters. The summed E-state index contributed by atoms with van der Waals surface area (Å²) in [5, 5.41) is 0. The number of benzene rings is 2. The first-order valence-corrected chi connectivity index (χ1v) is 9.75. The highest BCUT2D eigenvalue weighted by molar-refractivity contribution is 5.40. The van der Waals surface area contributed by atoms with Gasteiger partial charge in [-0.3, -0.25) is 0 Å². The first-order valence-electron chi connectivity index (χ1n) is 9.75. The van der Waals surface area contributed by atoms with Gasteiger partial charge in [-0.25, -0.2) is 0 Å². The Morgan fingerprint density at radius 2 is 1.21 bits per heavy atom. The Labute approximate surface area is 167 Å². The number of hydrogen-bond acceptors (Lipinski definition) is 4. The van der Waals surface area contributed by atoms with Crippen LogP contribution in [0.25, 0.3) is 0 Å². The van der Waals surface area contributed by atoms with Crippen LogP contribution in [0.3, 0.4) is 0 Å². The number of quaternary nitrogens is 2. The van der Waals surface area contributed by atoms with Gasteiger partial charge >= 0.3 is 0 Å². The zero-order chi connectivity index (χ0) is 19.9. The van der Waals surface area contributed by atoms with Gasteiger partial charge < -0.3 is 28.7 Å². The van der Waals surface area contributed by atoms with E-state index in [2.05, 4.69) is 18.2 Å². The summed E-state index contributed by atoms with van der Waals surface area (Å²) >= 11 is 0. The van der Waals surface area contributed by atoms with Crippen LogP contribution in [-0.2, 0) is 13.1 Å². The Hall–Kier alpha value is -2.44.